The molecule has 86 valence electrons. The molecular weight excluding hydrogens is 278 g/mol. The van der Waals surface area contributed by atoms with Crippen molar-refractivity contribution in [2.75, 3.05) is 5.32 Å². The van der Waals surface area contributed by atoms with Crippen molar-refractivity contribution in [3.8, 4) is 0 Å². The van der Waals surface area contributed by atoms with E-state index in [0.29, 0.717) is 6.41 Å². The summed E-state index contributed by atoms with van der Waals surface area (Å²) in [5.41, 5.74) is 3.18. The fourth-order valence-corrected chi connectivity index (χ4v) is 2.19. The minimum atomic E-state index is 0.708. The van der Waals surface area contributed by atoms with Crippen LogP contribution in [0.25, 0.3) is 0 Å². The van der Waals surface area contributed by atoms with Gasteiger partial charge in [0.25, 0.3) is 0 Å². The van der Waals surface area contributed by atoms with Crippen molar-refractivity contribution in [3.05, 3.63) is 64.1 Å². The predicted octanol–water partition coefficient (Wildman–Crippen LogP) is 3.61. The van der Waals surface area contributed by atoms with Gasteiger partial charge in [0.2, 0.25) is 6.41 Å². The summed E-state index contributed by atoms with van der Waals surface area (Å²) in [7, 11) is 0. The third-order valence-corrected chi connectivity index (χ3v) is 3.01. The van der Waals surface area contributed by atoms with Gasteiger partial charge in [-0.05, 0) is 35.7 Å². The van der Waals surface area contributed by atoms with Gasteiger partial charge in [-0.25, -0.2) is 0 Å². The summed E-state index contributed by atoms with van der Waals surface area (Å²) in [5.74, 6) is 0. The number of rotatable bonds is 4. The maximum atomic E-state index is 10.5. The minimum absolute atomic E-state index is 0.708. The topological polar surface area (TPSA) is 29.1 Å². The highest BCUT2D eigenvalue weighted by molar-refractivity contribution is 9.10. The highest BCUT2D eigenvalue weighted by Crippen LogP contribution is 2.20. The van der Waals surface area contributed by atoms with Gasteiger partial charge in [-0.15, -0.1) is 0 Å². The van der Waals surface area contributed by atoms with Crippen molar-refractivity contribution >= 4 is 28.0 Å². The second-order valence-electron chi connectivity index (χ2n) is 3.73. The number of hydrogen-bond donors (Lipinski definition) is 1. The highest BCUT2D eigenvalue weighted by atomic mass is 79.9. The maximum absolute atomic E-state index is 10.5. The van der Waals surface area contributed by atoms with Crippen molar-refractivity contribution in [3.63, 3.8) is 0 Å². The summed E-state index contributed by atoms with van der Waals surface area (Å²) >= 11 is 3.45. The van der Waals surface area contributed by atoms with Crippen LogP contribution in [0.5, 0.6) is 0 Å². The molecule has 2 aromatic rings. The molecule has 0 aliphatic carbocycles. The van der Waals surface area contributed by atoms with E-state index in [1.807, 2.05) is 36.4 Å². The number of halogens is 1. The van der Waals surface area contributed by atoms with Gasteiger partial charge < -0.3 is 5.32 Å². The first kappa shape index (κ1) is 11.9. The Morgan fingerprint density at radius 3 is 2.71 bits per heavy atom. The lowest BCUT2D eigenvalue weighted by Crippen LogP contribution is -1.99. The third-order valence-electron chi connectivity index (χ3n) is 2.52. The van der Waals surface area contributed by atoms with Crippen molar-refractivity contribution in [1.82, 2.24) is 0 Å². The third kappa shape index (κ3) is 3.17. The Labute approximate surface area is 109 Å². The van der Waals surface area contributed by atoms with Crippen LogP contribution in [0.15, 0.2) is 53.0 Å². The zero-order valence-corrected chi connectivity index (χ0v) is 10.8. The summed E-state index contributed by atoms with van der Waals surface area (Å²) in [4.78, 5) is 10.5. The first-order valence-electron chi connectivity index (χ1n) is 5.32. The van der Waals surface area contributed by atoms with E-state index in [0.717, 1.165) is 22.1 Å². The average molecular weight is 290 g/mol. The molecule has 2 rings (SSSR count). The molecule has 1 amide bonds. The van der Waals surface area contributed by atoms with Crippen molar-refractivity contribution in [1.29, 1.82) is 0 Å². The SMILES string of the molecule is O=CNc1ccccc1Cc1cccc(Br)c1. The molecule has 0 fully saturated rings. The van der Waals surface area contributed by atoms with E-state index in [1.165, 1.54) is 5.56 Å². The molecule has 0 radical (unpaired) electrons. The van der Waals surface area contributed by atoms with Gasteiger partial charge in [0.15, 0.2) is 0 Å². The molecule has 17 heavy (non-hydrogen) atoms. The van der Waals surface area contributed by atoms with E-state index >= 15 is 0 Å². The number of carbonyl (C=O) groups is 1. The second kappa shape index (κ2) is 5.64. The van der Waals surface area contributed by atoms with Crippen LogP contribution in [0, 0.1) is 0 Å². The summed E-state index contributed by atoms with van der Waals surface area (Å²) < 4.78 is 1.07. The summed E-state index contributed by atoms with van der Waals surface area (Å²) in [6, 6.07) is 16.0. The van der Waals surface area contributed by atoms with E-state index in [-0.39, 0.29) is 0 Å². The number of carbonyl (C=O) groups excluding carboxylic acids is 1. The normalized spacial score (nSPS) is 9.94. The van der Waals surface area contributed by atoms with Gasteiger partial charge >= 0.3 is 0 Å². The fourth-order valence-electron chi connectivity index (χ4n) is 1.75. The Balaban J connectivity index is 2.26. The first-order chi connectivity index (χ1) is 8.29. The Kier molecular flexibility index (Phi) is 3.94. The Morgan fingerprint density at radius 1 is 1.12 bits per heavy atom. The van der Waals surface area contributed by atoms with Gasteiger partial charge in [0.1, 0.15) is 0 Å². The van der Waals surface area contributed by atoms with Crippen LogP contribution < -0.4 is 5.32 Å². The molecule has 1 N–H and O–H groups in total. The van der Waals surface area contributed by atoms with E-state index in [4.69, 9.17) is 0 Å². The quantitative estimate of drug-likeness (QED) is 0.856. The van der Waals surface area contributed by atoms with Crippen LogP contribution in [-0.2, 0) is 11.2 Å². The largest absolute Gasteiger partial charge is 0.328 e. The Morgan fingerprint density at radius 2 is 1.94 bits per heavy atom. The van der Waals surface area contributed by atoms with Crippen LogP contribution in [0.2, 0.25) is 0 Å². The van der Waals surface area contributed by atoms with Crippen LogP contribution >= 0.6 is 15.9 Å². The lowest BCUT2D eigenvalue weighted by molar-refractivity contribution is -0.105. The van der Waals surface area contributed by atoms with Gasteiger partial charge in [-0.3, -0.25) is 4.79 Å². The van der Waals surface area contributed by atoms with Crippen molar-refractivity contribution < 1.29 is 4.79 Å². The lowest BCUT2D eigenvalue weighted by atomic mass is 10.0. The van der Waals surface area contributed by atoms with Gasteiger partial charge in [0.05, 0.1) is 0 Å². The number of amides is 1. The molecular formula is C14H12BrNO. The highest BCUT2D eigenvalue weighted by Gasteiger charge is 2.02. The summed E-state index contributed by atoms with van der Waals surface area (Å²) in [6.45, 7) is 0. The van der Waals surface area contributed by atoms with E-state index in [1.54, 1.807) is 0 Å². The van der Waals surface area contributed by atoms with Crippen LogP contribution in [0.3, 0.4) is 0 Å². The van der Waals surface area contributed by atoms with Crippen LogP contribution in [-0.4, -0.2) is 6.41 Å². The lowest BCUT2D eigenvalue weighted by Gasteiger charge is -2.08. The standard InChI is InChI=1S/C14H12BrNO/c15-13-6-3-4-11(9-13)8-12-5-1-2-7-14(12)16-10-17/h1-7,9-10H,8H2,(H,16,17). The van der Waals surface area contributed by atoms with Gasteiger partial charge in [-0.1, -0.05) is 46.3 Å². The number of nitrogens with one attached hydrogen (secondary N) is 1. The number of hydrogen-bond acceptors (Lipinski definition) is 1. The average Bonchev–Trinajstić information content (AvgIpc) is 2.32. The molecule has 0 bridgehead atoms. The van der Waals surface area contributed by atoms with E-state index in [9.17, 15) is 4.79 Å². The molecule has 0 aliphatic heterocycles. The zero-order valence-electron chi connectivity index (χ0n) is 9.19. The Hall–Kier alpha value is -1.61. The maximum Gasteiger partial charge on any atom is 0.211 e. The van der Waals surface area contributed by atoms with Crippen LogP contribution in [0.4, 0.5) is 5.69 Å². The molecule has 0 aliphatic rings. The molecule has 0 saturated heterocycles. The van der Waals surface area contributed by atoms with Crippen molar-refractivity contribution in [2.45, 2.75) is 6.42 Å². The molecule has 0 atom stereocenters. The monoisotopic (exact) mass is 289 g/mol. The molecule has 0 saturated carbocycles. The smallest absolute Gasteiger partial charge is 0.211 e. The second-order valence-corrected chi connectivity index (χ2v) is 4.64. The fraction of sp³-hybridized carbons (Fsp3) is 0.0714. The number of para-hydroxylation sites is 1. The Bertz CT molecular complexity index is 525. The van der Waals surface area contributed by atoms with Gasteiger partial charge in [-0.2, -0.15) is 0 Å². The molecule has 0 unspecified atom stereocenters. The molecule has 2 nitrogen and oxygen atoms in total. The van der Waals surface area contributed by atoms with Crippen LogP contribution in [0.1, 0.15) is 11.1 Å². The van der Waals surface area contributed by atoms with E-state index in [2.05, 4.69) is 33.4 Å². The summed E-state index contributed by atoms with van der Waals surface area (Å²) in [5, 5.41) is 2.72. The molecule has 2 aromatic carbocycles. The number of benzene rings is 2. The molecule has 0 heterocycles. The summed E-state index contributed by atoms with van der Waals surface area (Å²) in [6.07, 6.45) is 1.51. The zero-order chi connectivity index (χ0) is 12.1. The molecule has 0 aromatic heterocycles. The molecule has 0 spiro atoms. The number of anilines is 1. The van der Waals surface area contributed by atoms with Crippen molar-refractivity contribution in [2.24, 2.45) is 0 Å². The predicted molar refractivity (Wildman–Crippen MR) is 73.1 cm³/mol. The minimum Gasteiger partial charge on any atom is -0.328 e. The van der Waals surface area contributed by atoms with E-state index < -0.39 is 0 Å². The first-order valence-corrected chi connectivity index (χ1v) is 6.11. The molecule has 3 heteroatoms. The van der Waals surface area contributed by atoms with Gasteiger partial charge in [0, 0.05) is 10.2 Å².